The van der Waals surface area contributed by atoms with Gasteiger partial charge in [0.05, 0.1) is 16.8 Å². The van der Waals surface area contributed by atoms with E-state index < -0.39 is 0 Å². The molecule has 0 atom stereocenters. The molecule has 1 N–H and O–H groups in total. The molecule has 29 heavy (non-hydrogen) atoms. The average molecular weight is 405 g/mol. The van der Waals surface area contributed by atoms with Crippen LogP contribution in [0.3, 0.4) is 0 Å². The molecule has 0 aliphatic carbocycles. The molecule has 5 rings (SSSR count). The van der Waals surface area contributed by atoms with Gasteiger partial charge in [-0.05, 0) is 25.1 Å². The van der Waals surface area contributed by atoms with Crippen LogP contribution in [0.4, 0.5) is 0 Å². The van der Waals surface area contributed by atoms with E-state index in [1.807, 2.05) is 42.2 Å². The minimum Gasteiger partial charge on any atom is -0.336 e. The smallest absolute Gasteiger partial charge is 0.275 e. The number of nitrogens with zero attached hydrogens (tertiary/aromatic N) is 4. The summed E-state index contributed by atoms with van der Waals surface area (Å²) in [5.74, 6) is -0.0340. The van der Waals surface area contributed by atoms with Crippen molar-refractivity contribution in [3.05, 3.63) is 64.3 Å². The Balaban J connectivity index is 1.60. The molecule has 1 amide bonds. The highest BCUT2D eigenvalue weighted by molar-refractivity contribution is 7.25. The predicted molar refractivity (Wildman–Crippen MR) is 114 cm³/mol. The second-order valence-corrected chi connectivity index (χ2v) is 8.15. The first kappa shape index (κ1) is 18.0. The van der Waals surface area contributed by atoms with Crippen molar-refractivity contribution in [2.24, 2.45) is 0 Å². The number of piperazine rings is 1. The summed E-state index contributed by atoms with van der Waals surface area (Å²) in [5.41, 5.74) is 2.90. The van der Waals surface area contributed by atoms with Gasteiger partial charge in [-0.3, -0.25) is 14.2 Å². The Bertz CT molecular complexity index is 1290. The highest BCUT2D eigenvalue weighted by Crippen LogP contribution is 2.30. The van der Waals surface area contributed by atoms with E-state index in [9.17, 15) is 9.59 Å². The van der Waals surface area contributed by atoms with Crippen molar-refractivity contribution in [2.45, 2.75) is 6.92 Å². The second kappa shape index (κ2) is 7.06. The number of amides is 1. The van der Waals surface area contributed by atoms with Crippen molar-refractivity contribution in [3.8, 4) is 5.69 Å². The molecular weight excluding hydrogens is 386 g/mol. The molecular formula is C21H19N5O2S. The molecule has 0 radical (unpaired) electrons. The van der Waals surface area contributed by atoms with Crippen LogP contribution in [0.2, 0.25) is 0 Å². The van der Waals surface area contributed by atoms with Crippen molar-refractivity contribution in [1.82, 2.24) is 24.8 Å². The molecule has 0 saturated carbocycles. The first-order chi connectivity index (χ1) is 14.1. The number of carbonyl (C=O) groups excluding carboxylic acids is 1. The number of aryl methyl sites for hydroxylation is 1. The van der Waals surface area contributed by atoms with Gasteiger partial charge < -0.3 is 10.2 Å². The third-order valence-electron chi connectivity index (χ3n) is 5.20. The zero-order chi connectivity index (χ0) is 20.0. The van der Waals surface area contributed by atoms with E-state index in [4.69, 9.17) is 0 Å². The SMILES string of the molecule is Cc1ccc(-n2cnc3c(sc4ncc(C(=O)N5CCNCC5)cc43)c2=O)cc1. The van der Waals surface area contributed by atoms with E-state index in [2.05, 4.69) is 15.3 Å². The van der Waals surface area contributed by atoms with Crippen molar-refractivity contribution < 1.29 is 4.79 Å². The number of rotatable bonds is 2. The summed E-state index contributed by atoms with van der Waals surface area (Å²) in [4.78, 5) is 37.4. The summed E-state index contributed by atoms with van der Waals surface area (Å²) in [6.45, 7) is 4.96. The van der Waals surface area contributed by atoms with E-state index in [0.717, 1.165) is 29.7 Å². The Morgan fingerprint density at radius 2 is 1.90 bits per heavy atom. The third kappa shape index (κ3) is 3.10. The van der Waals surface area contributed by atoms with Gasteiger partial charge >= 0.3 is 0 Å². The molecule has 1 fully saturated rings. The van der Waals surface area contributed by atoms with E-state index >= 15 is 0 Å². The van der Waals surface area contributed by atoms with E-state index in [0.29, 0.717) is 33.7 Å². The largest absolute Gasteiger partial charge is 0.336 e. The maximum absolute atomic E-state index is 13.1. The van der Waals surface area contributed by atoms with Crippen molar-refractivity contribution in [1.29, 1.82) is 0 Å². The summed E-state index contributed by atoms with van der Waals surface area (Å²) in [7, 11) is 0. The van der Waals surface area contributed by atoms with Crippen molar-refractivity contribution >= 4 is 37.7 Å². The molecule has 7 nitrogen and oxygen atoms in total. The van der Waals surface area contributed by atoms with Crippen molar-refractivity contribution in [3.63, 3.8) is 0 Å². The van der Waals surface area contributed by atoms with Crippen LogP contribution in [0.15, 0.2) is 47.7 Å². The fraction of sp³-hybridized carbons (Fsp3) is 0.238. The number of fused-ring (bicyclic) bond motifs is 3. The number of nitrogens with one attached hydrogen (secondary N) is 1. The van der Waals surface area contributed by atoms with E-state index in [1.54, 1.807) is 17.1 Å². The topological polar surface area (TPSA) is 80.1 Å². The molecule has 0 unspecified atom stereocenters. The van der Waals surface area contributed by atoms with Crippen LogP contribution in [0.5, 0.6) is 0 Å². The zero-order valence-corrected chi connectivity index (χ0v) is 16.7. The fourth-order valence-electron chi connectivity index (χ4n) is 3.58. The van der Waals surface area contributed by atoms with Gasteiger partial charge in [0.25, 0.3) is 11.5 Å². The number of thiophene rings is 1. The maximum Gasteiger partial charge on any atom is 0.275 e. The molecule has 146 valence electrons. The normalized spacial score (nSPS) is 14.6. The average Bonchev–Trinajstić information content (AvgIpc) is 3.14. The van der Waals surface area contributed by atoms with Gasteiger partial charge in [-0.1, -0.05) is 17.7 Å². The lowest BCUT2D eigenvalue weighted by Crippen LogP contribution is -2.46. The van der Waals surface area contributed by atoms with Crippen LogP contribution < -0.4 is 10.9 Å². The van der Waals surface area contributed by atoms with Crippen LogP contribution in [0.25, 0.3) is 26.1 Å². The van der Waals surface area contributed by atoms with Gasteiger partial charge in [-0.15, -0.1) is 11.3 Å². The molecule has 1 aliphatic heterocycles. The lowest BCUT2D eigenvalue weighted by molar-refractivity contribution is 0.0735. The van der Waals surface area contributed by atoms with Gasteiger partial charge in [-0.2, -0.15) is 0 Å². The molecule has 1 saturated heterocycles. The van der Waals surface area contributed by atoms with Gasteiger partial charge in [-0.25, -0.2) is 9.97 Å². The van der Waals surface area contributed by atoms with Gasteiger partial charge in [0.2, 0.25) is 0 Å². The minimum atomic E-state index is -0.128. The molecule has 1 aliphatic rings. The van der Waals surface area contributed by atoms with Crippen LogP contribution in [-0.2, 0) is 0 Å². The molecule has 0 bridgehead atoms. The first-order valence-electron chi connectivity index (χ1n) is 9.49. The zero-order valence-electron chi connectivity index (χ0n) is 15.9. The number of carbonyl (C=O) groups is 1. The minimum absolute atomic E-state index is 0.0340. The number of hydrogen-bond acceptors (Lipinski definition) is 6. The van der Waals surface area contributed by atoms with Crippen LogP contribution in [-0.4, -0.2) is 51.5 Å². The summed E-state index contributed by atoms with van der Waals surface area (Å²) in [6, 6.07) is 9.55. The van der Waals surface area contributed by atoms with E-state index in [1.165, 1.54) is 11.3 Å². The Hall–Kier alpha value is -3.10. The standard InChI is InChI=1S/C21H19N5O2S/c1-13-2-4-15(5-3-13)26-12-24-17-16-10-14(20(27)25-8-6-22-7-9-25)11-23-19(16)29-18(17)21(26)28/h2-5,10-12,22H,6-9H2,1H3. The predicted octanol–water partition coefficient (Wildman–Crippen LogP) is 2.35. The summed E-state index contributed by atoms with van der Waals surface area (Å²) in [5, 5.41) is 3.99. The third-order valence-corrected chi connectivity index (χ3v) is 6.29. The highest BCUT2D eigenvalue weighted by atomic mass is 32.1. The quantitative estimate of drug-likeness (QED) is 0.554. The van der Waals surface area contributed by atoms with Crippen LogP contribution >= 0.6 is 11.3 Å². The number of aromatic nitrogens is 3. The molecule has 3 aromatic heterocycles. The number of pyridine rings is 1. The molecule has 8 heteroatoms. The fourth-order valence-corrected chi connectivity index (χ4v) is 4.59. The lowest BCUT2D eigenvalue weighted by Gasteiger charge is -2.27. The molecule has 4 heterocycles. The summed E-state index contributed by atoms with van der Waals surface area (Å²) < 4.78 is 2.09. The molecule has 4 aromatic rings. The summed E-state index contributed by atoms with van der Waals surface area (Å²) >= 11 is 1.31. The first-order valence-corrected chi connectivity index (χ1v) is 10.3. The Morgan fingerprint density at radius 3 is 2.66 bits per heavy atom. The number of benzene rings is 1. The van der Waals surface area contributed by atoms with Gasteiger partial charge in [0.15, 0.2) is 0 Å². The highest BCUT2D eigenvalue weighted by Gasteiger charge is 2.20. The Labute approximate surface area is 170 Å². The Morgan fingerprint density at radius 1 is 1.14 bits per heavy atom. The summed E-state index contributed by atoms with van der Waals surface area (Å²) in [6.07, 6.45) is 3.15. The second-order valence-electron chi connectivity index (χ2n) is 7.15. The maximum atomic E-state index is 13.1. The van der Waals surface area contributed by atoms with Gasteiger partial charge in [0.1, 0.15) is 15.9 Å². The Kier molecular flexibility index (Phi) is 4.37. The lowest BCUT2D eigenvalue weighted by atomic mass is 10.2. The monoisotopic (exact) mass is 405 g/mol. The van der Waals surface area contributed by atoms with Crippen LogP contribution in [0.1, 0.15) is 15.9 Å². The number of hydrogen-bond donors (Lipinski definition) is 1. The molecule has 0 spiro atoms. The van der Waals surface area contributed by atoms with E-state index in [-0.39, 0.29) is 11.5 Å². The van der Waals surface area contributed by atoms with Gasteiger partial charge in [0, 0.05) is 37.8 Å². The van der Waals surface area contributed by atoms with Crippen molar-refractivity contribution in [2.75, 3.05) is 26.2 Å². The molecule has 1 aromatic carbocycles. The van der Waals surface area contributed by atoms with Crippen LogP contribution in [0, 0.1) is 6.92 Å².